The van der Waals surface area contributed by atoms with E-state index >= 15 is 0 Å². The topological polar surface area (TPSA) is 54.0 Å². The Balaban J connectivity index is 1.95. The minimum Gasteiger partial charge on any atom is -0.373 e. The quantitative estimate of drug-likeness (QED) is 0.818. The molecule has 17 heavy (non-hydrogen) atoms. The van der Waals surface area contributed by atoms with Crippen molar-refractivity contribution < 1.29 is 4.79 Å². The number of carbonyl (C=O) groups excluding carboxylic acids is 1. The molecule has 1 heterocycles. The van der Waals surface area contributed by atoms with Gasteiger partial charge in [-0.25, -0.2) is 4.98 Å². The van der Waals surface area contributed by atoms with Crippen LogP contribution < -0.4 is 10.6 Å². The Morgan fingerprint density at radius 3 is 2.88 bits per heavy atom. The molecule has 0 unspecified atom stereocenters. The van der Waals surface area contributed by atoms with Crippen LogP contribution in [0.5, 0.6) is 0 Å². The summed E-state index contributed by atoms with van der Waals surface area (Å²) in [7, 11) is 1.79. The highest BCUT2D eigenvalue weighted by molar-refractivity contribution is 5.94. The lowest BCUT2D eigenvalue weighted by Crippen LogP contribution is -2.30. The van der Waals surface area contributed by atoms with E-state index in [9.17, 15) is 4.79 Å². The van der Waals surface area contributed by atoms with Crippen molar-refractivity contribution in [1.29, 1.82) is 0 Å². The number of amides is 1. The number of nitrogens with zero attached hydrogens (tertiary/aromatic N) is 1. The number of rotatable bonds is 5. The smallest absolute Gasteiger partial charge is 0.251 e. The summed E-state index contributed by atoms with van der Waals surface area (Å²) in [6, 6.07) is 3.50. The van der Waals surface area contributed by atoms with Gasteiger partial charge in [-0.1, -0.05) is 6.92 Å². The van der Waals surface area contributed by atoms with E-state index in [0.29, 0.717) is 16.8 Å². The van der Waals surface area contributed by atoms with Crippen LogP contribution >= 0.6 is 0 Å². The largest absolute Gasteiger partial charge is 0.373 e. The lowest BCUT2D eigenvalue weighted by atomic mass is 10.0. The number of anilines is 1. The highest BCUT2D eigenvalue weighted by Crippen LogP contribution is 2.47. The Bertz CT molecular complexity index is 413. The van der Waals surface area contributed by atoms with Crippen LogP contribution in [0, 0.1) is 5.41 Å². The van der Waals surface area contributed by atoms with Crippen LogP contribution in [0.15, 0.2) is 18.3 Å². The molecule has 2 N–H and O–H groups in total. The summed E-state index contributed by atoms with van der Waals surface area (Å²) >= 11 is 0. The molecule has 1 aliphatic carbocycles. The Hall–Kier alpha value is -1.58. The van der Waals surface area contributed by atoms with Gasteiger partial charge in [0.1, 0.15) is 5.82 Å². The van der Waals surface area contributed by atoms with E-state index in [-0.39, 0.29) is 5.91 Å². The fraction of sp³-hybridized carbons (Fsp3) is 0.538. The molecule has 1 amide bonds. The van der Waals surface area contributed by atoms with Gasteiger partial charge in [-0.3, -0.25) is 4.79 Å². The van der Waals surface area contributed by atoms with Crippen molar-refractivity contribution in [3.63, 3.8) is 0 Å². The van der Waals surface area contributed by atoms with Crippen molar-refractivity contribution in [2.45, 2.75) is 26.2 Å². The van der Waals surface area contributed by atoms with Crippen LogP contribution in [0.1, 0.15) is 36.5 Å². The maximum Gasteiger partial charge on any atom is 0.251 e. The zero-order valence-corrected chi connectivity index (χ0v) is 10.4. The van der Waals surface area contributed by atoms with Crippen molar-refractivity contribution in [2.75, 3.05) is 18.9 Å². The van der Waals surface area contributed by atoms with E-state index < -0.39 is 0 Å². The van der Waals surface area contributed by atoms with Gasteiger partial charge >= 0.3 is 0 Å². The summed E-state index contributed by atoms with van der Waals surface area (Å²) in [6.45, 7) is 2.98. The number of hydrogen-bond donors (Lipinski definition) is 2. The molecule has 1 aromatic rings. The highest BCUT2D eigenvalue weighted by Gasteiger charge is 2.40. The first-order valence-corrected chi connectivity index (χ1v) is 6.11. The van der Waals surface area contributed by atoms with E-state index in [1.807, 2.05) is 0 Å². The summed E-state index contributed by atoms with van der Waals surface area (Å²) < 4.78 is 0. The molecule has 1 fully saturated rings. The van der Waals surface area contributed by atoms with Crippen LogP contribution in [0.4, 0.5) is 5.82 Å². The standard InChI is InChI=1S/C13H19N3O/c1-3-13(5-6-13)9-16-12(17)10-4-7-15-11(8-10)14-2/h4,7-8H,3,5-6,9H2,1-2H3,(H,14,15)(H,16,17). The van der Waals surface area contributed by atoms with E-state index in [1.165, 1.54) is 12.8 Å². The first-order valence-electron chi connectivity index (χ1n) is 6.11. The summed E-state index contributed by atoms with van der Waals surface area (Å²) in [6.07, 6.45) is 5.27. The average molecular weight is 233 g/mol. The maximum absolute atomic E-state index is 11.9. The minimum absolute atomic E-state index is 0.0105. The SMILES string of the molecule is CCC1(CNC(=O)c2ccnc(NC)c2)CC1. The third-order valence-electron chi connectivity index (χ3n) is 3.61. The molecule has 4 heteroatoms. The molecular formula is C13H19N3O. The molecule has 0 bridgehead atoms. The fourth-order valence-corrected chi connectivity index (χ4v) is 1.91. The molecule has 4 nitrogen and oxygen atoms in total. The molecule has 92 valence electrons. The zero-order chi connectivity index (χ0) is 12.3. The van der Waals surface area contributed by atoms with Crippen LogP contribution in [-0.4, -0.2) is 24.5 Å². The van der Waals surface area contributed by atoms with Crippen LogP contribution in [0.2, 0.25) is 0 Å². The normalized spacial score (nSPS) is 16.4. The van der Waals surface area contributed by atoms with Gasteiger partial charge in [0, 0.05) is 25.4 Å². The van der Waals surface area contributed by atoms with Gasteiger partial charge in [0.25, 0.3) is 5.91 Å². The number of carbonyl (C=O) groups is 1. The highest BCUT2D eigenvalue weighted by atomic mass is 16.1. The van der Waals surface area contributed by atoms with Crippen molar-refractivity contribution in [1.82, 2.24) is 10.3 Å². The van der Waals surface area contributed by atoms with Gasteiger partial charge in [-0.05, 0) is 36.8 Å². The molecule has 0 saturated heterocycles. The third kappa shape index (κ3) is 2.75. The third-order valence-corrected chi connectivity index (χ3v) is 3.61. The predicted octanol–water partition coefficient (Wildman–Crippen LogP) is 2.04. The average Bonchev–Trinajstić information content (AvgIpc) is 3.17. The predicted molar refractivity (Wildman–Crippen MR) is 68.1 cm³/mol. The van der Waals surface area contributed by atoms with Gasteiger partial charge in [-0.15, -0.1) is 0 Å². The molecular weight excluding hydrogens is 214 g/mol. The molecule has 1 aromatic heterocycles. The van der Waals surface area contributed by atoms with Gasteiger partial charge < -0.3 is 10.6 Å². The Morgan fingerprint density at radius 2 is 2.29 bits per heavy atom. The second-order valence-electron chi connectivity index (χ2n) is 4.72. The van der Waals surface area contributed by atoms with Crippen LogP contribution in [0.3, 0.4) is 0 Å². The molecule has 0 radical (unpaired) electrons. The maximum atomic E-state index is 11.9. The second kappa shape index (κ2) is 4.73. The fourth-order valence-electron chi connectivity index (χ4n) is 1.91. The summed E-state index contributed by atoms with van der Waals surface area (Å²) in [5.41, 5.74) is 1.05. The molecule has 0 aromatic carbocycles. The Morgan fingerprint density at radius 1 is 1.53 bits per heavy atom. The molecule has 1 aliphatic rings. The lowest BCUT2D eigenvalue weighted by Gasteiger charge is -2.13. The summed E-state index contributed by atoms with van der Waals surface area (Å²) in [5.74, 6) is 0.706. The van der Waals surface area contributed by atoms with Gasteiger partial charge in [0.15, 0.2) is 0 Å². The summed E-state index contributed by atoms with van der Waals surface area (Å²) in [5, 5.41) is 5.94. The number of nitrogens with one attached hydrogen (secondary N) is 2. The Labute approximate surface area is 102 Å². The van der Waals surface area contributed by atoms with Gasteiger partial charge in [0.2, 0.25) is 0 Å². The zero-order valence-electron chi connectivity index (χ0n) is 10.4. The van der Waals surface area contributed by atoms with Crippen LogP contribution in [0.25, 0.3) is 0 Å². The van der Waals surface area contributed by atoms with Crippen molar-refractivity contribution in [3.05, 3.63) is 23.9 Å². The van der Waals surface area contributed by atoms with Crippen molar-refractivity contribution in [3.8, 4) is 0 Å². The first kappa shape index (κ1) is 11.9. The molecule has 2 rings (SSSR count). The molecule has 0 atom stereocenters. The number of pyridine rings is 1. The number of hydrogen-bond acceptors (Lipinski definition) is 3. The Kier molecular flexibility index (Phi) is 3.31. The van der Waals surface area contributed by atoms with Gasteiger partial charge in [0.05, 0.1) is 0 Å². The number of aromatic nitrogens is 1. The van der Waals surface area contributed by atoms with E-state index in [2.05, 4.69) is 22.5 Å². The monoisotopic (exact) mass is 233 g/mol. The minimum atomic E-state index is -0.0105. The van der Waals surface area contributed by atoms with Crippen molar-refractivity contribution >= 4 is 11.7 Å². The van der Waals surface area contributed by atoms with E-state index in [1.54, 1.807) is 25.4 Å². The molecule has 0 aliphatic heterocycles. The summed E-state index contributed by atoms with van der Waals surface area (Å²) in [4.78, 5) is 16.0. The molecule has 0 spiro atoms. The van der Waals surface area contributed by atoms with Gasteiger partial charge in [-0.2, -0.15) is 0 Å². The van der Waals surface area contributed by atoms with Crippen molar-refractivity contribution in [2.24, 2.45) is 5.41 Å². The molecule has 1 saturated carbocycles. The van der Waals surface area contributed by atoms with Crippen LogP contribution in [-0.2, 0) is 0 Å². The van der Waals surface area contributed by atoms with E-state index in [4.69, 9.17) is 0 Å². The lowest BCUT2D eigenvalue weighted by molar-refractivity contribution is 0.0944. The first-order chi connectivity index (χ1) is 8.19. The van der Waals surface area contributed by atoms with E-state index in [0.717, 1.165) is 13.0 Å². The second-order valence-corrected chi connectivity index (χ2v) is 4.72.